The fourth-order valence-corrected chi connectivity index (χ4v) is 1.70. The van der Waals surface area contributed by atoms with Crippen LogP contribution in [-0.4, -0.2) is 30.2 Å². The molecule has 0 atom stereocenters. The first-order valence-corrected chi connectivity index (χ1v) is 5.91. The van der Waals surface area contributed by atoms with Crippen LogP contribution in [0, 0.1) is 0 Å². The third-order valence-electron chi connectivity index (χ3n) is 2.69. The molecule has 0 spiro atoms. The first-order valence-electron chi connectivity index (χ1n) is 5.91. The Labute approximate surface area is 118 Å². The average Bonchev–Trinajstić information content (AvgIpc) is 2.47. The van der Waals surface area contributed by atoms with Crippen molar-refractivity contribution in [3.05, 3.63) is 50.7 Å². The van der Waals surface area contributed by atoms with Crippen molar-refractivity contribution >= 4 is 17.5 Å². The van der Waals surface area contributed by atoms with Gasteiger partial charge in [0.25, 0.3) is 5.56 Å². The first-order chi connectivity index (χ1) is 10.0. The molecule has 3 N–H and O–H groups in total. The van der Waals surface area contributed by atoms with E-state index in [1.807, 2.05) is 4.98 Å². The van der Waals surface area contributed by atoms with Gasteiger partial charge in [-0.2, -0.15) is 0 Å². The first kappa shape index (κ1) is 14.4. The van der Waals surface area contributed by atoms with E-state index in [1.54, 1.807) is 24.3 Å². The van der Waals surface area contributed by atoms with Gasteiger partial charge in [0.15, 0.2) is 5.56 Å². The largest absolute Gasteiger partial charge is 0.497 e. The van der Waals surface area contributed by atoms with Crippen LogP contribution in [-0.2, 0) is 4.74 Å². The van der Waals surface area contributed by atoms with Crippen LogP contribution in [0.5, 0.6) is 5.75 Å². The Bertz CT molecular complexity index is 761. The van der Waals surface area contributed by atoms with Crippen LogP contribution < -0.4 is 21.3 Å². The summed E-state index contributed by atoms with van der Waals surface area (Å²) in [6.07, 6.45) is 0. The zero-order valence-electron chi connectivity index (χ0n) is 11.4. The zero-order chi connectivity index (χ0) is 15.4. The second-order valence-electron chi connectivity index (χ2n) is 4.00. The topological polar surface area (TPSA) is 113 Å². The minimum absolute atomic E-state index is 0.0410. The molecular weight excluding hydrogens is 278 g/mol. The third kappa shape index (κ3) is 3.11. The molecule has 0 unspecified atom stereocenters. The normalized spacial score (nSPS) is 10.0. The maximum absolute atomic E-state index is 11.7. The van der Waals surface area contributed by atoms with Gasteiger partial charge in [0.05, 0.1) is 14.2 Å². The standard InChI is InChI=1S/C13H13N3O5/c1-20-8-5-3-7(4-6-8)14-10-9(12(18)21-2)11(17)16-13(19)15-10/h3-6H,1-2H3,(H3,14,15,16,17,19). The van der Waals surface area contributed by atoms with E-state index >= 15 is 0 Å². The molecule has 0 aliphatic carbocycles. The predicted octanol–water partition coefficient (Wildman–Crippen LogP) is 0.602. The number of carbonyl (C=O) groups excluding carboxylic acids is 1. The van der Waals surface area contributed by atoms with Crippen molar-refractivity contribution in [1.82, 2.24) is 9.97 Å². The van der Waals surface area contributed by atoms with Gasteiger partial charge in [-0.15, -0.1) is 0 Å². The number of rotatable bonds is 4. The van der Waals surface area contributed by atoms with E-state index in [0.717, 1.165) is 7.11 Å². The molecule has 0 radical (unpaired) electrons. The summed E-state index contributed by atoms with van der Waals surface area (Å²) in [6, 6.07) is 6.70. The van der Waals surface area contributed by atoms with Crippen molar-refractivity contribution in [3.63, 3.8) is 0 Å². The van der Waals surface area contributed by atoms with Gasteiger partial charge in [-0.1, -0.05) is 0 Å². The molecule has 8 nitrogen and oxygen atoms in total. The smallest absolute Gasteiger partial charge is 0.347 e. The highest BCUT2D eigenvalue weighted by atomic mass is 16.5. The molecule has 21 heavy (non-hydrogen) atoms. The lowest BCUT2D eigenvalue weighted by molar-refractivity contribution is 0.0599. The lowest BCUT2D eigenvalue weighted by Crippen LogP contribution is -2.30. The molecule has 110 valence electrons. The third-order valence-corrected chi connectivity index (χ3v) is 2.69. The monoisotopic (exact) mass is 291 g/mol. The Hall–Kier alpha value is -3.03. The number of hydrogen-bond donors (Lipinski definition) is 3. The highest BCUT2D eigenvalue weighted by Gasteiger charge is 2.18. The molecule has 0 aliphatic heterocycles. The molecule has 0 fully saturated rings. The number of methoxy groups -OCH3 is 2. The van der Waals surface area contributed by atoms with E-state index in [4.69, 9.17) is 4.74 Å². The molecule has 0 bridgehead atoms. The molecule has 1 aromatic heterocycles. The second kappa shape index (κ2) is 5.95. The molecule has 0 saturated heterocycles. The van der Waals surface area contributed by atoms with Gasteiger partial charge in [-0.05, 0) is 24.3 Å². The number of benzene rings is 1. The van der Waals surface area contributed by atoms with E-state index in [2.05, 4.69) is 15.0 Å². The summed E-state index contributed by atoms with van der Waals surface area (Å²) in [5, 5.41) is 2.79. The van der Waals surface area contributed by atoms with Crippen LogP contribution in [0.2, 0.25) is 0 Å². The minimum atomic E-state index is -0.858. The van der Waals surface area contributed by atoms with Gasteiger partial charge >= 0.3 is 11.7 Å². The Morgan fingerprint density at radius 3 is 2.33 bits per heavy atom. The number of hydrogen-bond acceptors (Lipinski definition) is 6. The Balaban J connectivity index is 2.44. The van der Waals surface area contributed by atoms with Crippen molar-refractivity contribution in [2.75, 3.05) is 19.5 Å². The van der Waals surface area contributed by atoms with E-state index in [0.29, 0.717) is 11.4 Å². The molecule has 0 aliphatic rings. The highest BCUT2D eigenvalue weighted by Crippen LogP contribution is 2.19. The average molecular weight is 291 g/mol. The number of aromatic nitrogens is 2. The van der Waals surface area contributed by atoms with Gasteiger partial charge in [-0.3, -0.25) is 14.8 Å². The maximum Gasteiger partial charge on any atom is 0.347 e. The van der Waals surface area contributed by atoms with Gasteiger partial charge in [0.1, 0.15) is 11.6 Å². The summed E-state index contributed by atoms with van der Waals surface area (Å²) in [4.78, 5) is 39.0. The second-order valence-corrected chi connectivity index (χ2v) is 4.00. The van der Waals surface area contributed by atoms with Crippen molar-refractivity contribution in [3.8, 4) is 5.75 Å². The van der Waals surface area contributed by atoms with Crippen LogP contribution >= 0.6 is 0 Å². The van der Waals surface area contributed by atoms with E-state index < -0.39 is 17.2 Å². The molecule has 2 rings (SSSR count). The molecular formula is C13H13N3O5. The summed E-state index contributed by atoms with van der Waals surface area (Å²) in [7, 11) is 2.68. The van der Waals surface area contributed by atoms with E-state index in [1.165, 1.54) is 7.11 Å². The van der Waals surface area contributed by atoms with Crippen LogP contribution in [0.25, 0.3) is 0 Å². The van der Waals surface area contributed by atoms with E-state index in [9.17, 15) is 14.4 Å². The van der Waals surface area contributed by atoms with Crippen molar-refractivity contribution in [2.45, 2.75) is 0 Å². The maximum atomic E-state index is 11.7. The highest BCUT2D eigenvalue weighted by molar-refractivity contribution is 5.94. The van der Waals surface area contributed by atoms with Crippen molar-refractivity contribution in [1.29, 1.82) is 0 Å². The van der Waals surface area contributed by atoms with Gasteiger partial charge in [0.2, 0.25) is 0 Å². The van der Waals surface area contributed by atoms with Gasteiger partial charge in [-0.25, -0.2) is 9.59 Å². The molecule has 1 aromatic carbocycles. The molecule has 0 saturated carbocycles. The predicted molar refractivity (Wildman–Crippen MR) is 75.3 cm³/mol. The summed E-state index contributed by atoms with van der Waals surface area (Å²) >= 11 is 0. The van der Waals surface area contributed by atoms with Gasteiger partial charge < -0.3 is 14.8 Å². The summed E-state index contributed by atoms with van der Waals surface area (Å²) in [5.74, 6) is -0.252. The summed E-state index contributed by atoms with van der Waals surface area (Å²) < 4.78 is 9.55. The van der Waals surface area contributed by atoms with Crippen LogP contribution in [0.3, 0.4) is 0 Å². The molecule has 1 heterocycles. The zero-order valence-corrected chi connectivity index (χ0v) is 11.4. The Morgan fingerprint density at radius 1 is 1.10 bits per heavy atom. The number of carbonyl (C=O) groups is 1. The Morgan fingerprint density at radius 2 is 1.76 bits per heavy atom. The van der Waals surface area contributed by atoms with E-state index in [-0.39, 0.29) is 11.4 Å². The van der Waals surface area contributed by atoms with Crippen molar-refractivity contribution in [2.24, 2.45) is 0 Å². The number of ether oxygens (including phenoxy) is 2. The molecule has 2 aromatic rings. The summed E-state index contributed by atoms with van der Waals surface area (Å²) in [6.45, 7) is 0. The number of aromatic amines is 2. The fourth-order valence-electron chi connectivity index (χ4n) is 1.70. The number of H-pyrrole nitrogens is 2. The quantitative estimate of drug-likeness (QED) is 0.711. The van der Waals surface area contributed by atoms with Crippen LogP contribution in [0.4, 0.5) is 11.5 Å². The number of nitrogens with one attached hydrogen (secondary N) is 3. The Kier molecular flexibility index (Phi) is 4.07. The van der Waals surface area contributed by atoms with Crippen LogP contribution in [0.1, 0.15) is 10.4 Å². The summed E-state index contributed by atoms with van der Waals surface area (Å²) in [5.41, 5.74) is -1.32. The molecule has 8 heteroatoms. The SMILES string of the molecule is COC(=O)c1c(Nc2ccc(OC)cc2)[nH]c(=O)[nH]c1=O. The lowest BCUT2D eigenvalue weighted by Gasteiger charge is -2.09. The van der Waals surface area contributed by atoms with Crippen molar-refractivity contribution < 1.29 is 14.3 Å². The number of esters is 1. The molecule has 0 amide bonds. The van der Waals surface area contributed by atoms with Crippen LogP contribution in [0.15, 0.2) is 33.9 Å². The van der Waals surface area contributed by atoms with Gasteiger partial charge in [0, 0.05) is 5.69 Å². The fraction of sp³-hybridized carbons (Fsp3) is 0.154. The minimum Gasteiger partial charge on any atom is -0.497 e. The lowest BCUT2D eigenvalue weighted by atomic mass is 10.2. The number of anilines is 2.